The number of halogens is 1. The normalized spacial score (nSPS) is 16.8. The van der Waals surface area contributed by atoms with Gasteiger partial charge >= 0.3 is 0 Å². The Morgan fingerprint density at radius 3 is 2.67 bits per heavy atom. The summed E-state index contributed by atoms with van der Waals surface area (Å²) >= 11 is 0. The van der Waals surface area contributed by atoms with Crippen LogP contribution in [0.4, 0.5) is 11.5 Å². The summed E-state index contributed by atoms with van der Waals surface area (Å²) < 4.78 is 0. The molecule has 0 aromatic carbocycles. The molecular formula is C11H18ClN3. The minimum absolute atomic E-state index is 0. The number of rotatable bonds is 2. The van der Waals surface area contributed by atoms with Gasteiger partial charge in [0.05, 0.1) is 5.69 Å². The van der Waals surface area contributed by atoms with E-state index in [9.17, 15) is 0 Å². The van der Waals surface area contributed by atoms with E-state index in [4.69, 9.17) is 5.73 Å². The van der Waals surface area contributed by atoms with Crippen LogP contribution in [0.3, 0.4) is 0 Å². The maximum absolute atomic E-state index is 5.81. The van der Waals surface area contributed by atoms with Crippen LogP contribution in [0.1, 0.15) is 32.1 Å². The van der Waals surface area contributed by atoms with E-state index in [-0.39, 0.29) is 12.4 Å². The Labute approximate surface area is 96.9 Å². The topological polar surface area (TPSA) is 50.9 Å². The summed E-state index contributed by atoms with van der Waals surface area (Å²) in [6.45, 7) is 0. The third-order valence-electron chi connectivity index (χ3n) is 2.78. The number of hydrogen-bond donors (Lipinski definition) is 2. The third kappa shape index (κ3) is 3.27. The molecular weight excluding hydrogens is 210 g/mol. The molecule has 0 atom stereocenters. The van der Waals surface area contributed by atoms with Gasteiger partial charge < -0.3 is 11.1 Å². The molecule has 0 unspecified atom stereocenters. The van der Waals surface area contributed by atoms with Crippen molar-refractivity contribution in [2.45, 2.75) is 38.1 Å². The van der Waals surface area contributed by atoms with Gasteiger partial charge in [0, 0.05) is 12.2 Å². The van der Waals surface area contributed by atoms with Crippen LogP contribution in [0, 0.1) is 0 Å². The molecule has 0 bridgehead atoms. The Kier molecular flexibility index (Phi) is 4.69. The molecule has 1 aliphatic carbocycles. The first kappa shape index (κ1) is 12.1. The van der Waals surface area contributed by atoms with E-state index in [2.05, 4.69) is 10.3 Å². The van der Waals surface area contributed by atoms with Gasteiger partial charge in [-0.1, -0.05) is 19.3 Å². The molecule has 1 fully saturated rings. The van der Waals surface area contributed by atoms with Crippen LogP contribution >= 0.6 is 12.4 Å². The van der Waals surface area contributed by atoms with Crippen molar-refractivity contribution < 1.29 is 0 Å². The van der Waals surface area contributed by atoms with Crippen molar-refractivity contribution in [3.63, 3.8) is 0 Å². The zero-order valence-electron chi connectivity index (χ0n) is 8.78. The monoisotopic (exact) mass is 227 g/mol. The zero-order chi connectivity index (χ0) is 9.80. The van der Waals surface area contributed by atoms with Crippen LogP contribution < -0.4 is 11.1 Å². The predicted octanol–water partition coefficient (Wildman–Crippen LogP) is 2.83. The molecule has 0 spiro atoms. The number of hydrogen-bond acceptors (Lipinski definition) is 3. The first-order valence-electron chi connectivity index (χ1n) is 5.33. The smallest absolute Gasteiger partial charge is 0.149 e. The summed E-state index contributed by atoms with van der Waals surface area (Å²) in [6.07, 6.45) is 8.29. The third-order valence-corrected chi connectivity index (χ3v) is 2.78. The van der Waals surface area contributed by atoms with Crippen molar-refractivity contribution in [3.8, 4) is 0 Å². The summed E-state index contributed by atoms with van der Waals surface area (Å²) in [6, 6.07) is 4.32. The molecule has 1 aromatic heterocycles. The van der Waals surface area contributed by atoms with Crippen molar-refractivity contribution in [1.82, 2.24) is 4.98 Å². The molecule has 3 nitrogen and oxygen atoms in total. The molecule has 0 aliphatic heterocycles. The fourth-order valence-electron chi connectivity index (χ4n) is 1.98. The lowest BCUT2D eigenvalue weighted by molar-refractivity contribution is 0.462. The van der Waals surface area contributed by atoms with Gasteiger partial charge in [-0.15, -0.1) is 12.4 Å². The Hall–Kier alpha value is -0.960. The van der Waals surface area contributed by atoms with Gasteiger partial charge in [-0.05, 0) is 25.0 Å². The van der Waals surface area contributed by atoms with Crippen molar-refractivity contribution in [2.24, 2.45) is 0 Å². The SMILES string of the molecule is Cl.Nc1cccnc1NC1CCCCC1. The van der Waals surface area contributed by atoms with Crippen LogP contribution in [0.25, 0.3) is 0 Å². The van der Waals surface area contributed by atoms with Crippen LogP contribution in [-0.2, 0) is 0 Å². The summed E-state index contributed by atoms with van der Waals surface area (Å²) in [4.78, 5) is 4.24. The number of nitrogen functional groups attached to an aromatic ring is 1. The van der Waals surface area contributed by atoms with Crippen molar-refractivity contribution in [3.05, 3.63) is 18.3 Å². The highest BCUT2D eigenvalue weighted by atomic mass is 35.5. The van der Waals surface area contributed by atoms with Crippen LogP contribution in [0.5, 0.6) is 0 Å². The molecule has 1 heterocycles. The van der Waals surface area contributed by atoms with Crippen molar-refractivity contribution >= 4 is 23.9 Å². The molecule has 1 aliphatic rings. The lowest BCUT2D eigenvalue weighted by Crippen LogP contribution is -2.23. The Morgan fingerprint density at radius 1 is 1.27 bits per heavy atom. The first-order valence-corrected chi connectivity index (χ1v) is 5.33. The predicted molar refractivity (Wildman–Crippen MR) is 66.4 cm³/mol. The van der Waals surface area contributed by atoms with Crippen LogP contribution in [-0.4, -0.2) is 11.0 Å². The fourth-order valence-corrected chi connectivity index (χ4v) is 1.98. The summed E-state index contributed by atoms with van der Waals surface area (Å²) in [5.74, 6) is 0.847. The van der Waals surface area contributed by atoms with E-state index in [1.807, 2.05) is 12.1 Å². The Morgan fingerprint density at radius 2 is 2.00 bits per heavy atom. The Balaban J connectivity index is 0.00000112. The number of pyridine rings is 1. The van der Waals surface area contributed by atoms with E-state index in [0.717, 1.165) is 11.5 Å². The molecule has 84 valence electrons. The van der Waals surface area contributed by atoms with Crippen LogP contribution in [0.2, 0.25) is 0 Å². The fraction of sp³-hybridized carbons (Fsp3) is 0.545. The quantitative estimate of drug-likeness (QED) is 0.817. The molecule has 1 aromatic rings. The second kappa shape index (κ2) is 5.81. The molecule has 0 radical (unpaired) electrons. The first-order chi connectivity index (χ1) is 6.86. The maximum Gasteiger partial charge on any atom is 0.149 e. The van der Waals surface area contributed by atoms with E-state index < -0.39 is 0 Å². The molecule has 2 rings (SSSR count). The molecule has 4 heteroatoms. The van der Waals surface area contributed by atoms with E-state index >= 15 is 0 Å². The van der Waals surface area contributed by atoms with Crippen LogP contribution in [0.15, 0.2) is 18.3 Å². The summed E-state index contributed by atoms with van der Waals surface area (Å²) in [7, 11) is 0. The minimum Gasteiger partial charge on any atom is -0.396 e. The second-order valence-corrected chi connectivity index (χ2v) is 3.92. The molecule has 15 heavy (non-hydrogen) atoms. The maximum atomic E-state index is 5.81. The lowest BCUT2D eigenvalue weighted by atomic mass is 9.95. The standard InChI is InChI=1S/C11H17N3.ClH/c12-10-7-4-8-13-11(10)14-9-5-2-1-3-6-9;/h4,7-9H,1-3,5-6,12H2,(H,13,14);1H. The molecule has 1 saturated carbocycles. The van der Waals surface area contributed by atoms with E-state index in [1.165, 1.54) is 32.1 Å². The number of aromatic nitrogens is 1. The highest BCUT2D eigenvalue weighted by molar-refractivity contribution is 5.85. The number of nitrogens with zero attached hydrogens (tertiary/aromatic N) is 1. The number of anilines is 2. The number of nitrogens with two attached hydrogens (primary N) is 1. The summed E-state index contributed by atoms with van der Waals surface area (Å²) in [5, 5.41) is 3.41. The van der Waals surface area contributed by atoms with E-state index in [1.54, 1.807) is 6.20 Å². The largest absolute Gasteiger partial charge is 0.396 e. The van der Waals surface area contributed by atoms with Gasteiger partial charge in [0.15, 0.2) is 0 Å². The average molecular weight is 228 g/mol. The average Bonchev–Trinajstić information content (AvgIpc) is 2.23. The summed E-state index contributed by atoms with van der Waals surface area (Å²) in [5.41, 5.74) is 6.56. The Bertz CT molecular complexity index is 298. The molecule has 0 saturated heterocycles. The van der Waals surface area contributed by atoms with Gasteiger partial charge in [0.1, 0.15) is 5.82 Å². The van der Waals surface area contributed by atoms with Gasteiger partial charge in [0.25, 0.3) is 0 Å². The van der Waals surface area contributed by atoms with Gasteiger partial charge in [0.2, 0.25) is 0 Å². The second-order valence-electron chi connectivity index (χ2n) is 3.92. The zero-order valence-corrected chi connectivity index (χ0v) is 9.59. The van der Waals surface area contributed by atoms with E-state index in [0.29, 0.717) is 6.04 Å². The van der Waals surface area contributed by atoms with Crippen molar-refractivity contribution in [2.75, 3.05) is 11.1 Å². The number of nitrogens with one attached hydrogen (secondary N) is 1. The van der Waals surface area contributed by atoms with Gasteiger partial charge in [-0.2, -0.15) is 0 Å². The lowest BCUT2D eigenvalue weighted by Gasteiger charge is -2.23. The minimum atomic E-state index is 0. The van der Waals surface area contributed by atoms with Gasteiger partial charge in [-0.25, -0.2) is 4.98 Å². The van der Waals surface area contributed by atoms with Crippen molar-refractivity contribution in [1.29, 1.82) is 0 Å². The van der Waals surface area contributed by atoms with Gasteiger partial charge in [-0.3, -0.25) is 0 Å². The molecule has 0 amide bonds. The highest BCUT2D eigenvalue weighted by Crippen LogP contribution is 2.22. The highest BCUT2D eigenvalue weighted by Gasteiger charge is 2.13. The molecule has 3 N–H and O–H groups in total.